The topological polar surface area (TPSA) is 148 Å². The number of hydrogen-bond donors (Lipinski definition) is 5. The molecule has 224 valence electrons. The minimum atomic E-state index is -0.181. The Hall–Kier alpha value is -3.80. The highest BCUT2D eigenvalue weighted by Gasteiger charge is 2.39. The lowest BCUT2D eigenvalue weighted by atomic mass is 9.95. The molecule has 1 aromatic heterocycles. The van der Waals surface area contributed by atoms with Gasteiger partial charge in [-0.3, -0.25) is 4.79 Å². The predicted octanol–water partition coefficient (Wildman–Crippen LogP) is 3.59. The number of nitrogens with two attached hydrogens (primary N) is 1. The normalized spacial score (nSPS) is 19.0. The van der Waals surface area contributed by atoms with Gasteiger partial charge in [0.15, 0.2) is 0 Å². The number of carbonyl (C=O) groups is 1. The molecule has 2 aromatic carbocycles. The molecule has 3 unspecified atom stereocenters. The van der Waals surface area contributed by atoms with E-state index in [1.54, 1.807) is 12.1 Å². The Balaban J connectivity index is 1.19. The van der Waals surface area contributed by atoms with Crippen LogP contribution in [0.5, 0.6) is 0 Å². The van der Waals surface area contributed by atoms with Crippen molar-refractivity contribution in [3.8, 4) is 0 Å². The zero-order valence-electron chi connectivity index (χ0n) is 24.1. The third-order valence-corrected chi connectivity index (χ3v) is 7.77. The van der Waals surface area contributed by atoms with Gasteiger partial charge < -0.3 is 36.5 Å². The molecular formula is C31H42N8O3. The Morgan fingerprint density at radius 2 is 1.67 bits per heavy atom. The molecule has 42 heavy (non-hydrogen) atoms. The molecule has 1 heterocycles. The van der Waals surface area contributed by atoms with Crippen LogP contribution < -0.4 is 27.0 Å². The molecule has 2 bridgehead atoms. The van der Waals surface area contributed by atoms with Crippen molar-refractivity contribution < 1.29 is 14.3 Å². The van der Waals surface area contributed by atoms with E-state index in [9.17, 15) is 4.79 Å². The van der Waals surface area contributed by atoms with Crippen molar-refractivity contribution in [3.63, 3.8) is 0 Å². The van der Waals surface area contributed by atoms with Gasteiger partial charge in [-0.15, -0.1) is 0 Å². The Labute approximate surface area is 247 Å². The lowest BCUT2D eigenvalue weighted by Gasteiger charge is -2.23. The molecule has 6 N–H and O–H groups in total. The van der Waals surface area contributed by atoms with Crippen LogP contribution in [-0.2, 0) is 15.9 Å². The maximum atomic E-state index is 12.7. The van der Waals surface area contributed by atoms with E-state index in [1.165, 1.54) is 31.2 Å². The molecule has 0 saturated heterocycles. The average Bonchev–Trinajstić information content (AvgIpc) is 3.63. The summed E-state index contributed by atoms with van der Waals surface area (Å²) in [6.07, 6.45) is 5.92. The van der Waals surface area contributed by atoms with Crippen LogP contribution in [0.25, 0.3) is 0 Å². The van der Waals surface area contributed by atoms with Gasteiger partial charge in [-0.2, -0.15) is 15.0 Å². The highest BCUT2D eigenvalue weighted by Crippen LogP contribution is 2.45. The van der Waals surface area contributed by atoms with Crippen LogP contribution in [0.3, 0.4) is 0 Å². The number of nitrogens with zero attached hydrogens (tertiary/aromatic N) is 3. The molecule has 3 aromatic rings. The number of nitrogens with one attached hydrogen (secondary N) is 4. The Bertz CT molecular complexity index is 1280. The van der Waals surface area contributed by atoms with Gasteiger partial charge in [0.2, 0.25) is 17.8 Å². The molecule has 2 fully saturated rings. The van der Waals surface area contributed by atoms with E-state index in [0.717, 1.165) is 12.3 Å². The number of benzene rings is 2. The number of anilines is 4. The summed E-state index contributed by atoms with van der Waals surface area (Å²) in [4.78, 5) is 26.8. The Morgan fingerprint density at radius 1 is 0.857 bits per heavy atom. The second kappa shape index (κ2) is 15.4. The van der Waals surface area contributed by atoms with Crippen molar-refractivity contribution in [2.45, 2.75) is 38.1 Å². The molecule has 0 spiro atoms. The summed E-state index contributed by atoms with van der Waals surface area (Å²) in [5.41, 5.74) is 7.88. The highest BCUT2D eigenvalue weighted by molar-refractivity contribution is 5.95. The van der Waals surface area contributed by atoms with E-state index in [-0.39, 0.29) is 5.91 Å². The van der Waals surface area contributed by atoms with Gasteiger partial charge in [0, 0.05) is 36.9 Å². The summed E-state index contributed by atoms with van der Waals surface area (Å²) in [5, 5.41) is 13.1. The van der Waals surface area contributed by atoms with Crippen LogP contribution in [0.4, 0.5) is 23.5 Å². The van der Waals surface area contributed by atoms with Gasteiger partial charge in [0.25, 0.3) is 5.91 Å². The number of aromatic nitrogens is 3. The van der Waals surface area contributed by atoms with Crippen LogP contribution in [-0.4, -0.2) is 73.0 Å². The molecule has 1 amide bonds. The van der Waals surface area contributed by atoms with Crippen molar-refractivity contribution in [2.24, 2.45) is 17.6 Å². The molecule has 5 rings (SSSR count). The third-order valence-electron chi connectivity index (χ3n) is 7.77. The van der Waals surface area contributed by atoms with Crippen LogP contribution in [0, 0.1) is 11.8 Å². The molecule has 11 nitrogen and oxygen atoms in total. The smallest absolute Gasteiger partial charge is 0.251 e. The SMILES string of the molecule is NCCOCCOCCNC(=O)c1cccc(Nc2nc(NCCc3ccccc3)nc(NC3CC4CCC3C4)n2)c1. The van der Waals surface area contributed by atoms with E-state index in [0.29, 0.717) is 87.1 Å². The van der Waals surface area contributed by atoms with Crippen molar-refractivity contribution in [2.75, 3.05) is 62.0 Å². The van der Waals surface area contributed by atoms with Crippen molar-refractivity contribution >= 4 is 29.4 Å². The first kappa shape index (κ1) is 29.7. The summed E-state index contributed by atoms with van der Waals surface area (Å²) in [6.45, 7) is 3.45. The number of carbonyl (C=O) groups excluding carboxylic acids is 1. The Morgan fingerprint density at radius 3 is 2.45 bits per heavy atom. The van der Waals surface area contributed by atoms with E-state index in [4.69, 9.17) is 25.2 Å². The quantitative estimate of drug-likeness (QED) is 0.151. The molecule has 2 aliphatic carbocycles. The standard InChI is InChI=1S/C31H42N8O3/c32-12-15-41-17-18-42-16-14-33-28(40)25-7-4-8-26(21-25)35-30-37-29(34-13-11-22-5-2-1-3-6-22)38-31(39-30)36-27-20-23-9-10-24(27)19-23/h1-8,21,23-24,27H,9-20,32H2,(H,33,40)(H3,34,35,36,37,38,39). The maximum absolute atomic E-state index is 12.7. The van der Waals surface area contributed by atoms with Gasteiger partial charge >= 0.3 is 0 Å². The number of ether oxygens (including phenoxy) is 2. The second-order valence-corrected chi connectivity index (χ2v) is 10.9. The lowest BCUT2D eigenvalue weighted by molar-refractivity contribution is 0.0511. The second-order valence-electron chi connectivity index (χ2n) is 10.9. The van der Waals surface area contributed by atoms with Crippen LogP contribution >= 0.6 is 0 Å². The van der Waals surface area contributed by atoms with Crippen LogP contribution in [0.2, 0.25) is 0 Å². The van der Waals surface area contributed by atoms with Crippen molar-refractivity contribution in [1.29, 1.82) is 0 Å². The number of amides is 1. The van der Waals surface area contributed by atoms with Gasteiger partial charge in [0.05, 0.1) is 26.4 Å². The molecule has 2 saturated carbocycles. The molecule has 2 aliphatic rings. The monoisotopic (exact) mass is 574 g/mol. The van der Waals surface area contributed by atoms with E-state index in [1.807, 2.05) is 30.3 Å². The largest absolute Gasteiger partial charge is 0.378 e. The van der Waals surface area contributed by atoms with Crippen LogP contribution in [0.1, 0.15) is 41.6 Å². The summed E-state index contributed by atoms with van der Waals surface area (Å²) in [5.74, 6) is 2.81. The van der Waals surface area contributed by atoms with Gasteiger partial charge in [0.1, 0.15) is 0 Å². The molecule has 11 heteroatoms. The zero-order valence-corrected chi connectivity index (χ0v) is 24.1. The first-order valence-corrected chi connectivity index (χ1v) is 15.0. The first-order chi connectivity index (χ1) is 20.7. The Kier molecular flexibility index (Phi) is 10.9. The minimum Gasteiger partial charge on any atom is -0.378 e. The fourth-order valence-corrected chi connectivity index (χ4v) is 5.74. The van der Waals surface area contributed by atoms with Gasteiger partial charge in [-0.05, 0) is 61.3 Å². The summed E-state index contributed by atoms with van der Waals surface area (Å²) >= 11 is 0. The summed E-state index contributed by atoms with van der Waals surface area (Å²) < 4.78 is 10.8. The van der Waals surface area contributed by atoms with Gasteiger partial charge in [-0.25, -0.2) is 0 Å². The molecule has 0 aliphatic heterocycles. The zero-order chi connectivity index (χ0) is 29.0. The predicted molar refractivity (Wildman–Crippen MR) is 164 cm³/mol. The highest BCUT2D eigenvalue weighted by atomic mass is 16.5. The fraction of sp³-hybridized carbons (Fsp3) is 0.484. The van der Waals surface area contributed by atoms with E-state index in [2.05, 4.69) is 38.4 Å². The minimum absolute atomic E-state index is 0.181. The van der Waals surface area contributed by atoms with Crippen LogP contribution in [0.15, 0.2) is 54.6 Å². The van der Waals surface area contributed by atoms with Crippen molar-refractivity contribution in [1.82, 2.24) is 20.3 Å². The third kappa shape index (κ3) is 8.85. The van der Waals surface area contributed by atoms with E-state index < -0.39 is 0 Å². The fourth-order valence-electron chi connectivity index (χ4n) is 5.74. The first-order valence-electron chi connectivity index (χ1n) is 15.0. The number of hydrogen-bond acceptors (Lipinski definition) is 10. The number of rotatable bonds is 17. The summed E-state index contributed by atoms with van der Waals surface area (Å²) in [7, 11) is 0. The lowest BCUT2D eigenvalue weighted by Crippen LogP contribution is -2.28. The molecule has 0 radical (unpaired) electrons. The average molecular weight is 575 g/mol. The van der Waals surface area contributed by atoms with Gasteiger partial charge in [-0.1, -0.05) is 42.8 Å². The maximum Gasteiger partial charge on any atom is 0.251 e. The van der Waals surface area contributed by atoms with E-state index >= 15 is 0 Å². The van der Waals surface area contributed by atoms with Crippen molar-refractivity contribution in [3.05, 3.63) is 65.7 Å². The summed E-state index contributed by atoms with van der Waals surface area (Å²) in [6, 6.07) is 18.0. The molecule has 3 atom stereocenters. The molecular weight excluding hydrogens is 532 g/mol. The number of fused-ring (bicyclic) bond motifs is 2.